The molecule has 2 amide bonds. The van der Waals surface area contributed by atoms with E-state index in [1.54, 1.807) is 0 Å². The molecule has 0 unspecified atom stereocenters. The van der Waals surface area contributed by atoms with Crippen molar-refractivity contribution >= 4 is 23.2 Å². The van der Waals surface area contributed by atoms with E-state index in [2.05, 4.69) is 15.5 Å². The molecule has 1 heterocycles. The van der Waals surface area contributed by atoms with Crippen LogP contribution in [-0.2, 0) is 9.59 Å². The minimum Gasteiger partial charge on any atom is -0.326 e. The number of amides is 2. The van der Waals surface area contributed by atoms with Gasteiger partial charge in [0.25, 0.3) is 0 Å². The van der Waals surface area contributed by atoms with Crippen LogP contribution in [0.25, 0.3) is 0 Å². The molecule has 0 bridgehead atoms. The Bertz CT molecular complexity index is 705. The summed E-state index contributed by atoms with van der Waals surface area (Å²) < 4.78 is 0. The van der Waals surface area contributed by atoms with Gasteiger partial charge in [0.05, 0.1) is 6.54 Å². The molecule has 0 spiro atoms. The minimum atomic E-state index is -0.0586. The Morgan fingerprint density at radius 2 is 1.72 bits per heavy atom. The van der Waals surface area contributed by atoms with Gasteiger partial charge in [-0.15, -0.1) is 0 Å². The van der Waals surface area contributed by atoms with E-state index in [0.717, 1.165) is 48.9 Å². The largest absolute Gasteiger partial charge is 0.326 e. The Labute approximate surface area is 175 Å². The Morgan fingerprint density at radius 1 is 1.03 bits per heavy atom. The molecule has 1 aromatic rings. The number of hydrogen-bond donors (Lipinski definition) is 2. The number of carbonyl (C=O) groups excluding carboxylic acids is 2. The quantitative estimate of drug-likeness (QED) is 0.767. The van der Waals surface area contributed by atoms with Gasteiger partial charge in [-0.1, -0.05) is 25.3 Å². The smallest absolute Gasteiger partial charge is 0.238 e. The molecule has 2 N–H and O–H groups in total. The predicted molar refractivity (Wildman–Crippen MR) is 118 cm³/mol. The van der Waals surface area contributed by atoms with Crippen molar-refractivity contribution in [3.05, 3.63) is 23.8 Å². The highest BCUT2D eigenvalue weighted by Crippen LogP contribution is 2.28. The lowest BCUT2D eigenvalue weighted by molar-refractivity contribution is -0.121. The van der Waals surface area contributed by atoms with Crippen LogP contribution in [0.15, 0.2) is 18.2 Å². The molecule has 1 aliphatic heterocycles. The van der Waals surface area contributed by atoms with E-state index in [9.17, 15) is 9.59 Å². The maximum atomic E-state index is 12.8. The first-order chi connectivity index (χ1) is 13.9. The van der Waals surface area contributed by atoms with Crippen LogP contribution in [-0.4, -0.2) is 61.4 Å². The number of nitrogens with one attached hydrogen (secondary N) is 2. The van der Waals surface area contributed by atoms with Gasteiger partial charge in [-0.25, -0.2) is 0 Å². The zero-order valence-electron chi connectivity index (χ0n) is 18.2. The lowest BCUT2D eigenvalue weighted by Crippen LogP contribution is -2.44. The molecule has 6 heteroatoms. The average Bonchev–Trinajstić information content (AvgIpc) is 2.70. The molecule has 0 radical (unpaired) electrons. The van der Waals surface area contributed by atoms with E-state index in [1.165, 1.54) is 32.1 Å². The third kappa shape index (κ3) is 6.28. The van der Waals surface area contributed by atoms with E-state index in [4.69, 9.17) is 0 Å². The van der Waals surface area contributed by atoms with Crippen molar-refractivity contribution in [2.75, 3.05) is 44.4 Å². The number of likely N-dealkylation sites (tertiary alicyclic amines) is 1. The highest BCUT2D eigenvalue weighted by atomic mass is 16.2. The van der Waals surface area contributed by atoms with Crippen molar-refractivity contribution in [3.8, 4) is 0 Å². The summed E-state index contributed by atoms with van der Waals surface area (Å²) in [5.74, 6) is 0.113. The lowest BCUT2D eigenvalue weighted by Gasteiger charge is -2.38. The molecular weight excluding hydrogens is 364 g/mol. The van der Waals surface area contributed by atoms with Crippen LogP contribution in [0.2, 0.25) is 0 Å². The summed E-state index contributed by atoms with van der Waals surface area (Å²) in [5, 5.41) is 6.01. The first-order valence-electron chi connectivity index (χ1n) is 11.0. The second-order valence-electron chi connectivity index (χ2n) is 8.91. The van der Waals surface area contributed by atoms with E-state index in [-0.39, 0.29) is 17.7 Å². The second-order valence-corrected chi connectivity index (χ2v) is 8.91. The molecule has 1 aliphatic carbocycles. The number of anilines is 2. The van der Waals surface area contributed by atoms with Crippen molar-refractivity contribution in [1.82, 2.24) is 9.80 Å². The van der Waals surface area contributed by atoms with Crippen LogP contribution in [0.1, 0.15) is 50.5 Å². The summed E-state index contributed by atoms with van der Waals surface area (Å²) in [4.78, 5) is 29.3. The Morgan fingerprint density at radius 3 is 2.38 bits per heavy atom. The van der Waals surface area contributed by atoms with Crippen LogP contribution in [0.5, 0.6) is 0 Å². The summed E-state index contributed by atoms with van der Waals surface area (Å²) >= 11 is 0. The molecule has 2 aliphatic rings. The second kappa shape index (κ2) is 10.2. The Hall–Kier alpha value is -1.92. The Balaban J connectivity index is 1.52. The SMILES string of the molecule is Cc1ccc(NC(=O)C2CCN(C3CCCCC3)CC2)cc1NC(=O)CN(C)C. The third-order valence-electron chi connectivity index (χ3n) is 6.23. The summed E-state index contributed by atoms with van der Waals surface area (Å²) in [6, 6.07) is 6.44. The maximum Gasteiger partial charge on any atom is 0.238 e. The van der Waals surface area contributed by atoms with Gasteiger partial charge in [-0.3, -0.25) is 9.59 Å². The fourth-order valence-electron chi connectivity index (χ4n) is 4.53. The normalized spacial score (nSPS) is 19.3. The molecule has 1 saturated carbocycles. The topological polar surface area (TPSA) is 64.7 Å². The monoisotopic (exact) mass is 400 g/mol. The van der Waals surface area contributed by atoms with Crippen LogP contribution < -0.4 is 10.6 Å². The van der Waals surface area contributed by atoms with Crippen molar-refractivity contribution < 1.29 is 9.59 Å². The summed E-state index contributed by atoms with van der Waals surface area (Å²) in [5.41, 5.74) is 2.48. The molecule has 0 atom stereocenters. The molecule has 160 valence electrons. The van der Waals surface area contributed by atoms with Gasteiger partial charge in [0.15, 0.2) is 0 Å². The fourth-order valence-corrected chi connectivity index (χ4v) is 4.53. The number of hydrogen-bond acceptors (Lipinski definition) is 4. The molecule has 3 rings (SSSR count). The standard InChI is InChI=1S/C23H36N4O2/c1-17-9-10-19(15-21(17)25-22(28)16-26(2)3)24-23(29)18-11-13-27(14-12-18)20-7-5-4-6-8-20/h9-10,15,18,20H,4-8,11-14,16H2,1-3H3,(H,24,29)(H,25,28). The average molecular weight is 401 g/mol. The molecule has 1 saturated heterocycles. The number of nitrogens with zero attached hydrogens (tertiary/aromatic N) is 2. The van der Waals surface area contributed by atoms with Crippen LogP contribution in [0.4, 0.5) is 11.4 Å². The molecule has 2 fully saturated rings. The predicted octanol–water partition coefficient (Wildman–Crippen LogP) is 3.48. The van der Waals surface area contributed by atoms with E-state index < -0.39 is 0 Å². The highest BCUT2D eigenvalue weighted by molar-refractivity contribution is 5.96. The number of aryl methyl sites for hydroxylation is 1. The van der Waals surface area contributed by atoms with Crippen molar-refractivity contribution in [2.24, 2.45) is 5.92 Å². The van der Waals surface area contributed by atoms with E-state index >= 15 is 0 Å². The van der Waals surface area contributed by atoms with Crippen molar-refractivity contribution in [1.29, 1.82) is 0 Å². The van der Waals surface area contributed by atoms with E-state index in [0.29, 0.717) is 6.54 Å². The molecule has 1 aromatic carbocycles. The number of likely N-dealkylation sites (N-methyl/N-ethyl adjacent to an activating group) is 1. The van der Waals surface area contributed by atoms with Gasteiger partial charge < -0.3 is 20.4 Å². The van der Waals surface area contributed by atoms with E-state index in [1.807, 2.05) is 44.1 Å². The number of benzene rings is 1. The third-order valence-corrected chi connectivity index (χ3v) is 6.23. The van der Waals surface area contributed by atoms with Gasteiger partial charge in [0.1, 0.15) is 0 Å². The van der Waals surface area contributed by atoms with Gasteiger partial charge >= 0.3 is 0 Å². The maximum absolute atomic E-state index is 12.8. The van der Waals surface area contributed by atoms with Crippen LogP contribution in [0, 0.1) is 12.8 Å². The van der Waals surface area contributed by atoms with Gasteiger partial charge in [-0.05, 0) is 77.5 Å². The summed E-state index contributed by atoms with van der Waals surface area (Å²) in [7, 11) is 3.73. The number of rotatable bonds is 6. The van der Waals surface area contributed by atoms with Crippen molar-refractivity contribution in [2.45, 2.75) is 57.9 Å². The van der Waals surface area contributed by atoms with Crippen molar-refractivity contribution in [3.63, 3.8) is 0 Å². The van der Waals surface area contributed by atoms with Gasteiger partial charge in [0, 0.05) is 23.3 Å². The molecular formula is C23H36N4O2. The van der Waals surface area contributed by atoms with Gasteiger partial charge in [0.2, 0.25) is 11.8 Å². The molecule has 6 nitrogen and oxygen atoms in total. The molecule has 0 aromatic heterocycles. The zero-order chi connectivity index (χ0) is 20.8. The summed E-state index contributed by atoms with van der Waals surface area (Å²) in [6.07, 6.45) is 8.59. The number of piperidine rings is 1. The Kier molecular flexibility index (Phi) is 7.67. The van der Waals surface area contributed by atoms with Gasteiger partial charge in [-0.2, -0.15) is 0 Å². The highest BCUT2D eigenvalue weighted by Gasteiger charge is 2.29. The minimum absolute atomic E-state index is 0.0586. The zero-order valence-corrected chi connectivity index (χ0v) is 18.2. The lowest BCUT2D eigenvalue weighted by atomic mass is 9.90. The fraction of sp³-hybridized carbons (Fsp3) is 0.652. The molecule has 29 heavy (non-hydrogen) atoms. The van der Waals surface area contributed by atoms with Crippen LogP contribution >= 0.6 is 0 Å². The number of carbonyl (C=O) groups is 2. The summed E-state index contributed by atoms with van der Waals surface area (Å²) in [6.45, 7) is 4.35. The van der Waals surface area contributed by atoms with Crippen LogP contribution in [0.3, 0.4) is 0 Å². The first-order valence-corrected chi connectivity index (χ1v) is 11.0. The first kappa shape index (κ1) is 21.8.